The quantitative estimate of drug-likeness (QED) is 0.329. The molecule has 0 bridgehead atoms. The van der Waals surface area contributed by atoms with Crippen LogP contribution in [0.5, 0.6) is 0 Å². The van der Waals surface area contributed by atoms with Crippen molar-refractivity contribution in [3.63, 3.8) is 0 Å². The molecule has 0 aromatic rings. The molecule has 0 aliphatic carbocycles. The molecule has 4 N–H and O–H groups in total. The van der Waals surface area contributed by atoms with E-state index >= 15 is 0 Å². The molecule has 0 heterocycles. The van der Waals surface area contributed by atoms with Crippen LogP contribution in [-0.2, 0) is 25.7 Å². The molecule has 0 fully saturated rings. The van der Waals surface area contributed by atoms with E-state index in [1.807, 2.05) is 0 Å². The van der Waals surface area contributed by atoms with Crippen molar-refractivity contribution in [1.82, 2.24) is 0 Å². The third-order valence-corrected chi connectivity index (χ3v) is 0. The summed E-state index contributed by atoms with van der Waals surface area (Å²) in [6, 6.07) is 0. The van der Waals surface area contributed by atoms with Crippen molar-refractivity contribution in [3.8, 4) is 0 Å². The fourth-order valence-corrected chi connectivity index (χ4v) is 0. The van der Waals surface area contributed by atoms with Crippen LogP contribution in [0.4, 0.5) is 0 Å². The Labute approximate surface area is 87.8 Å². The van der Waals surface area contributed by atoms with E-state index in [1.54, 1.807) is 0 Å². The van der Waals surface area contributed by atoms with Crippen LogP contribution in [0, 0.1) is 0 Å². The molecule has 0 saturated carbocycles. The van der Waals surface area contributed by atoms with Crippen LogP contribution in [0.3, 0.4) is 0 Å². The second kappa shape index (κ2) is 28.7. The number of hydrogen-bond acceptors (Lipinski definition) is 2. The van der Waals surface area contributed by atoms with E-state index in [2.05, 4.69) is 0 Å². The molecular formula is H5KO4Ti. The maximum absolute atomic E-state index is 8.50. The van der Waals surface area contributed by atoms with Gasteiger partial charge in [0.2, 0.25) is 0 Å². The van der Waals surface area contributed by atoms with Crippen LogP contribution in [0.2, 0.25) is 0 Å². The molecule has 6 heavy (non-hydrogen) atoms. The van der Waals surface area contributed by atoms with Crippen molar-refractivity contribution in [3.05, 3.63) is 0 Å². The normalized spacial score (nSPS) is 1.33. The third kappa shape index (κ3) is 39.8. The summed E-state index contributed by atoms with van der Waals surface area (Å²) >= 11 is -2.00. The van der Waals surface area contributed by atoms with Crippen molar-refractivity contribution in [2.45, 2.75) is 0 Å². The summed E-state index contributed by atoms with van der Waals surface area (Å²) in [4.78, 5) is 0. The minimum absolute atomic E-state index is 0. The van der Waals surface area contributed by atoms with Gasteiger partial charge < -0.3 is 12.4 Å². The monoisotopic (exact) mass is 156 g/mol. The molecule has 0 amide bonds. The molecular weight excluding hydrogens is 151 g/mol. The predicted octanol–water partition coefficient (Wildman–Crippen LogP) is -4.77. The van der Waals surface area contributed by atoms with Crippen LogP contribution in [0.25, 0.3) is 0 Å². The molecule has 0 aliphatic heterocycles. The van der Waals surface area contributed by atoms with Crippen molar-refractivity contribution >= 4 is 0 Å². The standard InChI is InChI=1S/K.2H2O.2O.Ti.H/h;2*1H2;;;;/q+1;;;;;;-1. The van der Waals surface area contributed by atoms with Gasteiger partial charge in [0.05, 0.1) is 0 Å². The Kier molecular flexibility index (Phi) is 119. The molecule has 0 spiro atoms. The van der Waals surface area contributed by atoms with E-state index in [9.17, 15) is 0 Å². The minimum atomic E-state index is -2.00. The molecule has 0 aliphatic rings. The molecule has 0 aromatic carbocycles. The van der Waals surface area contributed by atoms with Crippen molar-refractivity contribution in [1.29, 1.82) is 0 Å². The molecule has 0 atom stereocenters. The number of rotatable bonds is 0. The van der Waals surface area contributed by atoms with E-state index in [0.29, 0.717) is 0 Å². The van der Waals surface area contributed by atoms with Crippen LogP contribution in [-0.4, -0.2) is 11.0 Å². The predicted molar refractivity (Wildman–Crippen MR) is 9.71 cm³/mol. The van der Waals surface area contributed by atoms with Crippen molar-refractivity contribution < 1.29 is 89.5 Å². The van der Waals surface area contributed by atoms with Crippen LogP contribution in [0.15, 0.2) is 0 Å². The average Bonchev–Trinajstić information content (AvgIpc) is 0.918. The van der Waals surface area contributed by atoms with Gasteiger partial charge in [-0.1, -0.05) is 0 Å². The van der Waals surface area contributed by atoms with Gasteiger partial charge in [-0.05, 0) is 0 Å². The molecule has 0 radical (unpaired) electrons. The van der Waals surface area contributed by atoms with E-state index in [-0.39, 0.29) is 63.8 Å². The third-order valence-electron chi connectivity index (χ3n) is 0. The van der Waals surface area contributed by atoms with Gasteiger partial charge in [-0.15, -0.1) is 0 Å². The summed E-state index contributed by atoms with van der Waals surface area (Å²) in [5, 5.41) is 0. The second-order valence-electron chi connectivity index (χ2n) is 0.0833. The first kappa shape index (κ1) is 24.8. The number of hydrogen-bond donors (Lipinski definition) is 0. The molecule has 0 saturated heterocycles. The van der Waals surface area contributed by atoms with Crippen LogP contribution < -0.4 is 51.4 Å². The Bertz CT molecular complexity index is 32.7. The summed E-state index contributed by atoms with van der Waals surface area (Å²) in [7, 11) is 0. The van der Waals surface area contributed by atoms with Crippen molar-refractivity contribution in [2.24, 2.45) is 0 Å². The zero-order valence-corrected chi connectivity index (χ0v) is 8.00. The van der Waals surface area contributed by atoms with Gasteiger partial charge in [0.25, 0.3) is 0 Å². The average molecular weight is 156 g/mol. The fraction of sp³-hybridized carbons (Fsp3) is 0. The Morgan fingerprint density at radius 2 is 1.17 bits per heavy atom. The van der Waals surface area contributed by atoms with Crippen LogP contribution >= 0.6 is 0 Å². The van der Waals surface area contributed by atoms with E-state index in [0.717, 1.165) is 0 Å². The zero-order valence-electron chi connectivity index (χ0n) is 4.32. The first-order chi connectivity index (χ1) is 1.41. The summed E-state index contributed by atoms with van der Waals surface area (Å²) in [5.41, 5.74) is 0. The molecule has 34 valence electrons. The van der Waals surface area contributed by atoms with Gasteiger partial charge in [0.15, 0.2) is 0 Å². The van der Waals surface area contributed by atoms with E-state index in [4.69, 9.17) is 6.65 Å². The van der Waals surface area contributed by atoms with Gasteiger partial charge in [0, 0.05) is 0 Å². The summed E-state index contributed by atoms with van der Waals surface area (Å²) < 4.78 is 17.0. The summed E-state index contributed by atoms with van der Waals surface area (Å²) in [6.45, 7) is 0. The topological polar surface area (TPSA) is 97.1 Å². The molecule has 4 nitrogen and oxygen atoms in total. The maximum atomic E-state index is 8.50. The van der Waals surface area contributed by atoms with Gasteiger partial charge in [-0.25, -0.2) is 0 Å². The molecule has 6 heteroatoms. The van der Waals surface area contributed by atoms with Gasteiger partial charge >= 0.3 is 77.1 Å². The van der Waals surface area contributed by atoms with Gasteiger partial charge in [-0.2, -0.15) is 0 Å². The first-order valence-corrected chi connectivity index (χ1v) is 1.68. The van der Waals surface area contributed by atoms with E-state index in [1.165, 1.54) is 0 Å². The van der Waals surface area contributed by atoms with Crippen molar-refractivity contribution in [2.75, 3.05) is 0 Å². The molecule has 0 rings (SSSR count). The van der Waals surface area contributed by atoms with Gasteiger partial charge in [0.1, 0.15) is 0 Å². The fourth-order valence-electron chi connectivity index (χ4n) is 0. The van der Waals surface area contributed by atoms with Crippen LogP contribution in [0.1, 0.15) is 1.43 Å². The summed E-state index contributed by atoms with van der Waals surface area (Å²) in [6.07, 6.45) is 0. The zero-order chi connectivity index (χ0) is 2.71. The first-order valence-electron chi connectivity index (χ1n) is 0.408. The SMILES string of the molecule is O.O.[H-].[K+].[O]=[Ti]=[O]. The summed E-state index contributed by atoms with van der Waals surface area (Å²) in [5.74, 6) is 0. The molecule has 0 aromatic heterocycles. The Morgan fingerprint density at radius 3 is 1.17 bits per heavy atom. The Hall–Kier alpha value is 1.87. The van der Waals surface area contributed by atoms with E-state index < -0.39 is 19.1 Å². The molecule has 0 unspecified atom stereocenters. The Balaban J connectivity index is -0.00000000333. The second-order valence-corrected chi connectivity index (χ2v) is 0.344. The Morgan fingerprint density at radius 1 is 1.17 bits per heavy atom. The van der Waals surface area contributed by atoms with Gasteiger partial charge in [-0.3, -0.25) is 0 Å².